The van der Waals surface area contributed by atoms with E-state index < -0.39 is 28.5 Å². The van der Waals surface area contributed by atoms with Crippen molar-refractivity contribution in [2.24, 2.45) is 0 Å². The van der Waals surface area contributed by atoms with Gasteiger partial charge in [-0.2, -0.15) is 0 Å². The Morgan fingerprint density at radius 2 is 1.47 bits per heavy atom. The number of para-hydroxylation sites is 1. The maximum atomic E-state index is 13.8. The zero-order chi connectivity index (χ0) is 26.3. The molecule has 0 unspecified atom stereocenters. The van der Waals surface area contributed by atoms with E-state index in [9.17, 15) is 18.0 Å². The summed E-state index contributed by atoms with van der Waals surface area (Å²) in [7, 11) is -4.04. The Kier molecular flexibility index (Phi) is 8.88. The number of amides is 2. The molecule has 3 aromatic carbocycles. The molecule has 0 aliphatic heterocycles. The maximum absolute atomic E-state index is 13.8. The van der Waals surface area contributed by atoms with Crippen molar-refractivity contribution < 1.29 is 18.0 Å². The standard InChI is InChI=1S/C28H33N3O4S/c1-21(2)29-28(33)23(4)30(19-24-13-11-12-22(3)18-24)27(32)20-31(25-14-7-5-8-15-25)36(34,35)26-16-9-6-10-17-26/h5-18,21,23H,19-20H2,1-4H3,(H,29,33)/t23-/m0/s1. The molecule has 0 saturated heterocycles. The van der Waals surface area contributed by atoms with Crippen molar-refractivity contribution in [2.75, 3.05) is 10.8 Å². The first-order valence-corrected chi connectivity index (χ1v) is 13.3. The Balaban J connectivity index is 1.99. The summed E-state index contributed by atoms with van der Waals surface area (Å²) < 4.78 is 28.3. The third kappa shape index (κ3) is 6.73. The van der Waals surface area contributed by atoms with Gasteiger partial charge in [-0.05, 0) is 57.5 Å². The molecule has 0 heterocycles. The van der Waals surface area contributed by atoms with Crippen molar-refractivity contribution in [3.8, 4) is 0 Å². The summed E-state index contributed by atoms with van der Waals surface area (Å²) in [4.78, 5) is 28.2. The second kappa shape index (κ2) is 11.9. The second-order valence-corrected chi connectivity index (χ2v) is 10.9. The van der Waals surface area contributed by atoms with Crippen molar-refractivity contribution in [1.29, 1.82) is 0 Å². The Morgan fingerprint density at radius 1 is 0.861 bits per heavy atom. The van der Waals surface area contributed by atoms with Crippen LogP contribution in [0.5, 0.6) is 0 Å². The van der Waals surface area contributed by atoms with E-state index in [1.807, 2.05) is 45.0 Å². The minimum atomic E-state index is -4.04. The third-order valence-electron chi connectivity index (χ3n) is 5.69. The van der Waals surface area contributed by atoms with Gasteiger partial charge >= 0.3 is 0 Å². The number of sulfonamides is 1. The minimum Gasteiger partial charge on any atom is -0.352 e. The highest BCUT2D eigenvalue weighted by Crippen LogP contribution is 2.24. The van der Waals surface area contributed by atoms with Crippen LogP contribution in [0.25, 0.3) is 0 Å². The van der Waals surface area contributed by atoms with Crippen molar-refractivity contribution in [1.82, 2.24) is 10.2 Å². The lowest BCUT2D eigenvalue weighted by Crippen LogP contribution is -2.52. The first kappa shape index (κ1) is 26.9. The lowest BCUT2D eigenvalue weighted by atomic mass is 10.1. The minimum absolute atomic E-state index is 0.0810. The van der Waals surface area contributed by atoms with E-state index in [1.165, 1.54) is 17.0 Å². The summed E-state index contributed by atoms with van der Waals surface area (Å²) >= 11 is 0. The van der Waals surface area contributed by atoms with Crippen LogP contribution in [-0.4, -0.2) is 43.8 Å². The van der Waals surface area contributed by atoms with Crippen LogP contribution in [0.4, 0.5) is 5.69 Å². The number of nitrogens with zero attached hydrogens (tertiary/aromatic N) is 2. The first-order chi connectivity index (χ1) is 17.1. The number of nitrogens with one attached hydrogen (secondary N) is 1. The zero-order valence-corrected chi connectivity index (χ0v) is 21.9. The largest absolute Gasteiger partial charge is 0.352 e. The predicted octanol–water partition coefficient (Wildman–Crippen LogP) is 4.13. The van der Waals surface area contributed by atoms with Gasteiger partial charge in [0.1, 0.15) is 12.6 Å². The molecule has 0 aliphatic carbocycles. The van der Waals surface area contributed by atoms with Gasteiger partial charge < -0.3 is 10.2 Å². The SMILES string of the molecule is Cc1cccc(CN(C(=O)CN(c2ccccc2)S(=O)(=O)c2ccccc2)[C@@H](C)C(=O)NC(C)C)c1. The fourth-order valence-corrected chi connectivity index (χ4v) is 5.27. The number of carbonyl (C=O) groups is 2. The number of hydrogen-bond donors (Lipinski definition) is 1. The number of rotatable bonds is 10. The van der Waals surface area contributed by atoms with Crippen LogP contribution in [0.15, 0.2) is 89.8 Å². The molecular weight excluding hydrogens is 474 g/mol. The fourth-order valence-electron chi connectivity index (χ4n) is 3.84. The van der Waals surface area contributed by atoms with E-state index >= 15 is 0 Å². The van der Waals surface area contributed by atoms with E-state index in [1.54, 1.807) is 55.5 Å². The Bertz CT molecular complexity index is 1280. The predicted molar refractivity (Wildman–Crippen MR) is 142 cm³/mol. The first-order valence-electron chi connectivity index (χ1n) is 11.9. The van der Waals surface area contributed by atoms with Crippen molar-refractivity contribution in [3.05, 3.63) is 96.1 Å². The summed E-state index contributed by atoms with van der Waals surface area (Å²) in [5.41, 5.74) is 2.24. The number of hydrogen-bond acceptors (Lipinski definition) is 4. The van der Waals surface area contributed by atoms with Crippen LogP contribution < -0.4 is 9.62 Å². The molecule has 2 amide bonds. The molecule has 0 bridgehead atoms. The van der Waals surface area contributed by atoms with Crippen LogP contribution >= 0.6 is 0 Å². The summed E-state index contributed by atoms with van der Waals surface area (Å²) in [5, 5.41) is 2.85. The van der Waals surface area contributed by atoms with Crippen LogP contribution in [-0.2, 0) is 26.2 Å². The number of benzene rings is 3. The maximum Gasteiger partial charge on any atom is 0.264 e. The van der Waals surface area contributed by atoms with Crippen LogP contribution in [0, 0.1) is 6.92 Å². The van der Waals surface area contributed by atoms with E-state index in [2.05, 4.69) is 5.32 Å². The lowest BCUT2D eigenvalue weighted by Gasteiger charge is -2.32. The molecule has 1 N–H and O–H groups in total. The van der Waals surface area contributed by atoms with Crippen molar-refractivity contribution in [3.63, 3.8) is 0 Å². The molecule has 36 heavy (non-hydrogen) atoms. The topological polar surface area (TPSA) is 86.8 Å². The quantitative estimate of drug-likeness (QED) is 0.447. The average Bonchev–Trinajstić information content (AvgIpc) is 2.86. The fraction of sp³-hybridized carbons (Fsp3) is 0.286. The molecule has 8 heteroatoms. The highest BCUT2D eigenvalue weighted by molar-refractivity contribution is 7.92. The van der Waals surface area contributed by atoms with Gasteiger partial charge in [-0.1, -0.05) is 66.2 Å². The van der Waals surface area contributed by atoms with E-state index in [0.717, 1.165) is 15.4 Å². The van der Waals surface area contributed by atoms with Gasteiger partial charge in [0.15, 0.2) is 0 Å². The number of anilines is 1. The normalized spacial score (nSPS) is 12.1. The molecule has 0 aromatic heterocycles. The molecule has 3 rings (SSSR count). The molecule has 0 saturated carbocycles. The smallest absolute Gasteiger partial charge is 0.264 e. The van der Waals surface area contributed by atoms with Gasteiger partial charge in [-0.25, -0.2) is 8.42 Å². The highest BCUT2D eigenvalue weighted by Gasteiger charge is 2.32. The summed E-state index contributed by atoms with van der Waals surface area (Å²) in [6.07, 6.45) is 0. The molecular formula is C28H33N3O4S. The molecule has 190 valence electrons. The van der Waals surface area contributed by atoms with Gasteiger partial charge in [-0.15, -0.1) is 0 Å². The molecule has 0 spiro atoms. The second-order valence-electron chi connectivity index (χ2n) is 9.01. The molecule has 1 atom stereocenters. The van der Waals surface area contributed by atoms with Crippen molar-refractivity contribution >= 4 is 27.5 Å². The lowest BCUT2D eigenvalue weighted by molar-refractivity contribution is -0.139. The number of carbonyl (C=O) groups excluding carboxylic acids is 2. The van der Waals surface area contributed by atoms with Crippen molar-refractivity contribution in [2.45, 2.75) is 51.2 Å². The summed E-state index contributed by atoms with van der Waals surface area (Å²) in [6.45, 7) is 7.02. The molecule has 0 fully saturated rings. The monoisotopic (exact) mass is 507 g/mol. The summed E-state index contributed by atoms with van der Waals surface area (Å²) in [6, 6.07) is 23.3. The Morgan fingerprint density at radius 3 is 2.06 bits per heavy atom. The molecule has 0 radical (unpaired) electrons. The van der Waals surface area contributed by atoms with Gasteiger partial charge in [-0.3, -0.25) is 13.9 Å². The van der Waals surface area contributed by atoms with Gasteiger partial charge in [0.2, 0.25) is 11.8 Å². The van der Waals surface area contributed by atoms with Crippen LogP contribution in [0.1, 0.15) is 31.9 Å². The molecule has 7 nitrogen and oxygen atoms in total. The third-order valence-corrected chi connectivity index (χ3v) is 7.48. The molecule has 3 aromatic rings. The van der Waals surface area contributed by atoms with Gasteiger partial charge in [0.05, 0.1) is 10.6 Å². The zero-order valence-electron chi connectivity index (χ0n) is 21.1. The van der Waals surface area contributed by atoms with E-state index in [-0.39, 0.29) is 23.4 Å². The van der Waals surface area contributed by atoms with Crippen LogP contribution in [0.3, 0.4) is 0 Å². The van der Waals surface area contributed by atoms with Gasteiger partial charge in [0, 0.05) is 12.6 Å². The number of aryl methyl sites for hydroxylation is 1. The van der Waals surface area contributed by atoms with Gasteiger partial charge in [0.25, 0.3) is 10.0 Å². The van der Waals surface area contributed by atoms with E-state index in [4.69, 9.17) is 0 Å². The van der Waals surface area contributed by atoms with Crippen LogP contribution in [0.2, 0.25) is 0 Å². The Labute approximate surface area is 213 Å². The van der Waals surface area contributed by atoms with E-state index in [0.29, 0.717) is 5.69 Å². The highest BCUT2D eigenvalue weighted by atomic mass is 32.2. The Hall–Kier alpha value is -3.65. The molecule has 0 aliphatic rings. The average molecular weight is 508 g/mol. The summed E-state index contributed by atoms with van der Waals surface area (Å²) in [5.74, 6) is -0.783.